The summed E-state index contributed by atoms with van der Waals surface area (Å²) in [7, 11) is -0.221. The minimum Gasteiger partial charge on any atom is -0.403 e. The molecule has 1 aliphatic rings. The fraction of sp³-hybridized carbons (Fsp3) is 0.714. The van der Waals surface area contributed by atoms with E-state index in [-0.39, 0.29) is 23.6 Å². The predicted octanol–water partition coefficient (Wildman–Crippen LogP) is 3.99. The quantitative estimate of drug-likeness (QED) is 0.542. The summed E-state index contributed by atoms with van der Waals surface area (Å²) in [4.78, 5) is 0. The first kappa shape index (κ1) is 14.5. The molecule has 0 aromatic heterocycles. The fourth-order valence-corrected chi connectivity index (χ4v) is 2.05. The van der Waals surface area contributed by atoms with Crippen LogP contribution in [0.3, 0.4) is 0 Å². The van der Waals surface area contributed by atoms with Gasteiger partial charge in [0.25, 0.3) is 0 Å². The van der Waals surface area contributed by atoms with Gasteiger partial charge in [-0.25, -0.2) is 0 Å². The van der Waals surface area contributed by atoms with Crippen molar-refractivity contribution in [3.63, 3.8) is 0 Å². The highest BCUT2D eigenvalue weighted by Crippen LogP contribution is 2.47. The van der Waals surface area contributed by atoms with Crippen LogP contribution < -0.4 is 0 Å². The average molecular weight is 236 g/mol. The smallest absolute Gasteiger partial charge is 0.403 e. The Kier molecular flexibility index (Phi) is 3.95. The van der Waals surface area contributed by atoms with Crippen LogP contribution in [0.2, 0.25) is 5.31 Å². The lowest BCUT2D eigenvalue weighted by Gasteiger charge is -2.32. The van der Waals surface area contributed by atoms with Gasteiger partial charge in [0.1, 0.15) is 0 Å². The predicted molar refractivity (Wildman–Crippen MR) is 74.1 cm³/mol. The van der Waals surface area contributed by atoms with Crippen molar-refractivity contribution in [2.24, 2.45) is 0 Å². The lowest BCUT2D eigenvalue weighted by atomic mass is 9.56. The molecule has 1 fully saturated rings. The molecular formula is C14H25BO2. The molecule has 0 saturated carbocycles. The van der Waals surface area contributed by atoms with Crippen molar-refractivity contribution in [1.29, 1.82) is 0 Å². The van der Waals surface area contributed by atoms with E-state index in [0.717, 1.165) is 6.42 Å². The molecule has 3 heteroatoms. The molecule has 1 aliphatic heterocycles. The van der Waals surface area contributed by atoms with Gasteiger partial charge in [-0.3, -0.25) is 0 Å². The molecule has 2 nitrogen and oxygen atoms in total. The summed E-state index contributed by atoms with van der Waals surface area (Å²) in [5, 5.41) is -0.151. The highest BCUT2D eigenvalue weighted by molar-refractivity contribution is 6.50. The third kappa shape index (κ3) is 2.66. The lowest BCUT2D eigenvalue weighted by molar-refractivity contribution is 0.00578. The largest absolute Gasteiger partial charge is 0.468 e. The second-order valence-corrected chi connectivity index (χ2v) is 6.09. The summed E-state index contributed by atoms with van der Waals surface area (Å²) in [5.74, 6) is 0. The van der Waals surface area contributed by atoms with Crippen LogP contribution in [-0.4, -0.2) is 18.3 Å². The van der Waals surface area contributed by atoms with Gasteiger partial charge in [0, 0.05) is 5.31 Å². The maximum atomic E-state index is 6.11. The summed E-state index contributed by atoms with van der Waals surface area (Å²) in [6, 6.07) is 0. The van der Waals surface area contributed by atoms with Gasteiger partial charge in [-0.2, -0.15) is 0 Å². The standard InChI is InChI=1S/C14H25BO2/c1-8-10-14(7,11-9-2)15-16-12(3,4)13(5,6)17-15/h8-9,11H,1,10H2,2-7H3/b11-9+/t14-/m1/s1. The SMILES string of the molecule is C=CC[C@](C)(/C=C/C)B1OC(C)(C)C(C)(C)O1. The molecule has 17 heavy (non-hydrogen) atoms. The zero-order valence-electron chi connectivity index (χ0n) is 12.0. The first-order valence-corrected chi connectivity index (χ1v) is 6.29. The van der Waals surface area contributed by atoms with E-state index < -0.39 is 0 Å². The first-order chi connectivity index (χ1) is 7.68. The molecule has 0 unspecified atom stereocenters. The molecule has 1 heterocycles. The van der Waals surface area contributed by atoms with E-state index in [4.69, 9.17) is 9.31 Å². The van der Waals surface area contributed by atoms with Crippen LogP contribution in [0.5, 0.6) is 0 Å². The zero-order chi connectivity index (χ0) is 13.3. The third-order valence-electron chi connectivity index (χ3n) is 3.92. The Hall–Kier alpha value is -0.535. The monoisotopic (exact) mass is 236 g/mol. The van der Waals surface area contributed by atoms with Crippen molar-refractivity contribution in [3.05, 3.63) is 24.8 Å². The van der Waals surface area contributed by atoms with E-state index in [1.165, 1.54) is 0 Å². The van der Waals surface area contributed by atoms with E-state index in [9.17, 15) is 0 Å². The Labute approximate surface area is 106 Å². The first-order valence-electron chi connectivity index (χ1n) is 6.29. The molecular weight excluding hydrogens is 211 g/mol. The van der Waals surface area contributed by atoms with Crippen LogP contribution in [0.25, 0.3) is 0 Å². The highest BCUT2D eigenvalue weighted by Gasteiger charge is 2.56. The molecule has 1 atom stereocenters. The minimum atomic E-state index is -0.276. The van der Waals surface area contributed by atoms with Gasteiger partial charge in [0.2, 0.25) is 0 Å². The van der Waals surface area contributed by atoms with Crippen molar-refractivity contribution in [2.75, 3.05) is 0 Å². The molecule has 0 amide bonds. The van der Waals surface area contributed by atoms with Crippen LogP contribution in [0.1, 0.15) is 48.0 Å². The lowest BCUT2D eigenvalue weighted by Crippen LogP contribution is -2.41. The van der Waals surface area contributed by atoms with E-state index in [0.29, 0.717) is 0 Å². The van der Waals surface area contributed by atoms with Gasteiger partial charge >= 0.3 is 7.12 Å². The number of hydrogen-bond donors (Lipinski definition) is 0. The Bertz CT molecular complexity index is 304. The topological polar surface area (TPSA) is 18.5 Å². The molecule has 0 spiro atoms. The van der Waals surface area contributed by atoms with Gasteiger partial charge in [-0.1, -0.05) is 25.2 Å². The molecule has 0 radical (unpaired) electrons. The summed E-state index contributed by atoms with van der Waals surface area (Å²) in [6.45, 7) is 16.3. The second-order valence-electron chi connectivity index (χ2n) is 6.09. The Morgan fingerprint density at radius 1 is 1.18 bits per heavy atom. The average Bonchev–Trinajstić information content (AvgIpc) is 2.37. The molecule has 1 saturated heterocycles. The van der Waals surface area contributed by atoms with Crippen LogP contribution in [0.4, 0.5) is 0 Å². The summed E-state index contributed by atoms with van der Waals surface area (Å²) < 4.78 is 12.2. The molecule has 0 aromatic rings. The summed E-state index contributed by atoms with van der Waals surface area (Å²) >= 11 is 0. The summed E-state index contributed by atoms with van der Waals surface area (Å²) in [5.41, 5.74) is -0.552. The van der Waals surface area contributed by atoms with Crippen LogP contribution in [-0.2, 0) is 9.31 Å². The van der Waals surface area contributed by atoms with Crippen molar-refractivity contribution < 1.29 is 9.31 Å². The van der Waals surface area contributed by atoms with Crippen LogP contribution in [0.15, 0.2) is 24.8 Å². The zero-order valence-corrected chi connectivity index (χ0v) is 12.0. The van der Waals surface area contributed by atoms with E-state index in [2.05, 4.69) is 53.3 Å². The van der Waals surface area contributed by atoms with Crippen LogP contribution in [0, 0.1) is 0 Å². The normalized spacial score (nSPS) is 26.1. The molecule has 96 valence electrons. The van der Waals surface area contributed by atoms with Crippen molar-refractivity contribution in [2.45, 2.75) is 64.5 Å². The Morgan fingerprint density at radius 2 is 1.65 bits per heavy atom. The maximum Gasteiger partial charge on any atom is 0.468 e. The fourth-order valence-electron chi connectivity index (χ4n) is 2.05. The maximum absolute atomic E-state index is 6.11. The van der Waals surface area contributed by atoms with Crippen molar-refractivity contribution >= 4 is 7.12 Å². The van der Waals surface area contributed by atoms with Gasteiger partial charge < -0.3 is 9.31 Å². The van der Waals surface area contributed by atoms with E-state index >= 15 is 0 Å². The van der Waals surface area contributed by atoms with E-state index in [1.54, 1.807) is 0 Å². The minimum absolute atomic E-state index is 0.151. The van der Waals surface area contributed by atoms with Crippen molar-refractivity contribution in [1.82, 2.24) is 0 Å². The molecule has 1 rings (SSSR count). The summed E-state index contributed by atoms with van der Waals surface area (Å²) in [6.07, 6.45) is 6.96. The van der Waals surface area contributed by atoms with Gasteiger partial charge in [0.15, 0.2) is 0 Å². The number of rotatable bonds is 4. The Balaban J connectivity index is 2.98. The van der Waals surface area contributed by atoms with E-state index in [1.807, 2.05) is 13.0 Å². The number of allylic oxidation sites excluding steroid dienone is 3. The molecule has 0 aromatic carbocycles. The second kappa shape index (κ2) is 4.62. The van der Waals surface area contributed by atoms with Gasteiger partial charge in [-0.15, -0.1) is 6.58 Å². The molecule has 0 bridgehead atoms. The van der Waals surface area contributed by atoms with Gasteiger partial charge in [-0.05, 0) is 41.0 Å². The van der Waals surface area contributed by atoms with Crippen molar-refractivity contribution in [3.8, 4) is 0 Å². The Morgan fingerprint density at radius 3 is 2.00 bits per heavy atom. The number of hydrogen-bond acceptors (Lipinski definition) is 2. The third-order valence-corrected chi connectivity index (χ3v) is 3.92. The molecule has 0 aliphatic carbocycles. The van der Waals surface area contributed by atoms with Gasteiger partial charge in [0.05, 0.1) is 11.2 Å². The highest BCUT2D eigenvalue weighted by atomic mass is 16.7. The van der Waals surface area contributed by atoms with Crippen LogP contribution >= 0.6 is 0 Å². The molecule has 0 N–H and O–H groups in total.